The first kappa shape index (κ1) is 13.4. The minimum Gasteiger partial charge on any atom is -0.299 e. The van der Waals surface area contributed by atoms with Gasteiger partial charge in [-0.25, -0.2) is 0 Å². The second kappa shape index (κ2) is 5.27. The molecule has 2 aliphatic heterocycles. The van der Waals surface area contributed by atoms with E-state index in [2.05, 4.69) is 44.4 Å². The van der Waals surface area contributed by atoms with Crippen LogP contribution in [-0.4, -0.2) is 47.6 Å². The van der Waals surface area contributed by atoms with Crippen LogP contribution in [0.4, 0.5) is 0 Å². The topological polar surface area (TPSA) is 6.48 Å². The number of hydrogen-bond donors (Lipinski definition) is 0. The predicted molar refractivity (Wildman–Crippen MR) is 74.2 cm³/mol. The molecule has 0 spiro atoms. The summed E-state index contributed by atoms with van der Waals surface area (Å²) in [5.74, 6) is 1.76. The fourth-order valence-corrected chi connectivity index (χ4v) is 3.64. The van der Waals surface area contributed by atoms with E-state index in [1.54, 1.807) is 0 Å². The molecule has 0 aromatic rings. The SMILES string of the molecule is CC1CCC2CN(C(C)C)CC1N(C(C)C)C2. The first-order chi connectivity index (χ1) is 7.99. The summed E-state index contributed by atoms with van der Waals surface area (Å²) < 4.78 is 0. The van der Waals surface area contributed by atoms with Gasteiger partial charge in [0.1, 0.15) is 0 Å². The molecule has 2 nitrogen and oxygen atoms in total. The molecule has 0 radical (unpaired) electrons. The van der Waals surface area contributed by atoms with E-state index in [-0.39, 0.29) is 0 Å². The van der Waals surface area contributed by atoms with Gasteiger partial charge in [0.05, 0.1) is 0 Å². The van der Waals surface area contributed by atoms with Crippen molar-refractivity contribution >= 4 is 0 Å². The standard InChI is InChI=1S/C15H30N2/c1-11(2)16-8-14-7-6-13(5)15(10-16)17(9-14)12(3)4/h11-15H,6-10H2,1-5H3. The van der Waals surface area contributed by atoms with Crippen LogP contribution in [0.15, 0.2) is 0 Å². The van der Waals surface area contributed by atoms with Crippen LogP contribution in [-0.2, 0) is 0 Å². The van der Waals surface area contributed by atoms with Crippen LogP contribution in [0.5, 0.6) is 0 Å². The van der Waals surface area contributed by atoms with Crippen molar-refractivity contribution in [3.63, 3.8) is 0 Å². The average Bonchev–Trinajstić information content (AvgIpc) is 2.51. The third kappa shape index (κ3) is 2.85. The molecule has 3 unspecified atom stereocenters. The van der Waals surface area contributed by atoms with E-state index in [1.807, 2.05) is 0 Å². The Morgan fingerprint density at radius 2 is 1.59 bits per heavy atom. The van der Waals surface area contributed by atoms with Crippen LogP contribution < -0.4 is 0 Å². The van der Waals surface area contributed by atoms with Gasteiger partial charge in [0.25, 0.3) is 0 Å². The number of rotatable bonds is 2. The van der Waals surface area contributed by atoms with Gasteiger partial charge in [0, 0.05) is 37.8 Å². The van der Waals surface area contributed by atoms with Crippen molar-refractivity contribution in [3.05, 3.63) is 0 Å². The maximum atomic E-state index is 2.78. The molecule has 100 valence electrons. The highest BCUT2D eigenvalue weighted by Crippen LogP contribution is 2.32. The molecule has 0 aromatic carbocycles. The summed E-state index contributed by atoms with van der Waals surface area (Å²) in [5.41, 5.74) is 0. The highest BCUT2D eigenvalue weighted by molar-refractivity contribution is 4.92. The van der Waals surface area contributed by atoms with Crippen molar-refractivity contribution in [2.75, 3.05) is 19.6 Å². The summed E-state index contributed by atoms with van der Waals surface area (Å²) in [6, 6.07) is 2.19. The molecule has 0 N–H and O–H groups in total. The molecule has 2 saturated heterocycles. The fourth-order valence-electron chi connectivity index (χ4n) is 3.64. The maximum absolute atomic E-state index is 2.78. The molecule has 2 fully saturated rings. The summed E-state index contributed by atoms with van der Waals surface area (Å²) in [6.45, 7) is 15.8. The molecular formula is C15H30N2. The normalized spacial score (nSPS) is 36.5. The first-order valence-electron chi connectivity index (χ1n) is 7.48. The summed E-state index contributed by atoms with van der Waals surface area (Å²) in [4.78, 5) is 5.50. The Balaban J connectivity index is 2.20. The fraction of sp³-hybridized carbons (Fsp3) is 1.00. The largest absolute Gasteiger partial charge is 0.299 e. The molecule has 0 saturated carbocycles. The lowest BCUT2D eigenvalue weighted by atomic mass is 9.91. The summed E-state index contributed by atoms with van der Waals surface area (Å²) in [5, 5.41) is 0. The molecule has 17 heavy (non-hydrogen) atoms. The van der Waals surface area contributed by atoms with Crippen molar-refractivity contribution in [2.45, 2.75) is 65.6 Å². The molecule has 3 atom stereocenters. The lowest BCUT2D eigenvalue weighted by molar-refractivity contribution is 0.0969. The van der Waals surface area contributed by atoms with Gasteiger partial charge >= 0.3 is 0 Å². The Morgan fingerprint density at radius 3 is 2.18 bits per heavy atom. The lowest BCUT2D eigenvalue weighted by Crippen LogP contribution is -2.48. The number of fused-ring (bicyclic) bond motifs is 3. The van der Waals surface area contributed by atoms with E-state index < -0.39 is 0 Å². The van der Waals surface area contributed by atoms with E-state index in [0.29, 0.717) is 12.1 Å². The van der Waals surface area contributed by atoms with E-state index in [1.165, 1.54) is 32.5 Å². The summed E-state index contributed by atoms with van der Waals surface area (Å²) >= 11 is 0. The van der Waals surface area contributed by atoms with Crippen LogP contribution in [0.25, 0.3) is 0 Å². The van der Waals surface area contributed by atoms with Crippen molar-refractivity contribution < 1.29 is 0 Å². The third-order valence-electron chi connectivity index (χ3n) is 4.89. The Labute approximate surface area is 107 Å². The monoisotopic (exact) mass is 238 g/mol. The highest BCUT2D eigenvalue weighted by atomic mass is 15.3. The first-order valence-corrected chi connectivity index (χ1v) is 7.48. The quantitative estimate of drug-likeness (QED) is 0.730. The molecular weight excluding hydrogens is 208 g/mol. The van der Waals surface area contributed by atoms with Gasteiger partial charge in [0.2, 0.25) is 0 Å². The third-order valence-corrected chi connectivity index (χ3v) is 4.89. The van der Waals surface area contributed by atoms with Gasteiger partial charge in [-0.2, -0.15) is 0 Å². The van der Waals surface area contributed by atoms with Crippen molar-refractivity contribution in [2.24, 2.45) is 11.8 Å². The van der Waals surface area contributed by atoms with Gasteiger partial charge in [-0.15, -0.1) is 0 Å². The van der Waals surface area contributed by atoms with Crippen LogP contribution in [0.2, 0.25) is 0 Å². The van der Waals surface area contributed by atoms with Crippen molar-refractivity contribution in [3.8, 4) is 0 Å². The number of likely N-dealkylation sites (tertiary alicyclic amines) is 1. The van der Waals surface area contributed by atoms with Gasteiger partial charge in [-0.3, -0.25) is 9.80 Å². The van der Waals surface area contributed by atoms with E-state index in [4.69, 9.17) is 0 Å². The molecule has 0 aliphatic carbocycles. The summed E-state index contributed by atoms with van der Waals surface area (Å²) in [6.07, 6.45) is 2.87. The molecule has 0 amide bonds. The van der Waals surface area contributed by atoms with Crippen molar-refractivity contribution in [1.82, 2.24) is 9.80 Å². The van der Waals surface area contributed by atoms with Gasteiger partial charge in [-0.1, -0.05) is 6.92 Å². The molecule has 2 heterocycles. The minimum atomic E-state index is 0.704. The van der Waals surface area contributed by atoms with Crippen LogP contribution in [0.1, 0.15) is 47.5 Å². The Bertz CT molecular complexity index is 249. The zero-order valence-corrected chi connectivity index (χ0v) is 12.3. The van der Waals surface area contributed by atoms with Crippen LogP contribution >= 0.6 is 0 Å². The number of hydrogen-bond acceptors (Lipinski definition) is 2. The Morgan fingerprint density at radius 1 is 0.882 bits per heavy atom. The van der Waals surface area contributed by atoms with E-state index in [9.17, 15) is 0 Å². The van der Waals surface area contributed by atoms with Crippen molar-refractivity contribution in [1.29, 1.82) is 0 Å². The van der Waals surface area contributed by atoms with Gasteiger partial charge in [0.15, 0.2) is 0 Å². The molecule has 2 aliphatic rings. The second-order valence-corrected chi connectivity index (χ2v) is 6.83. The second-order valence-electron chi connectivity index (χ2n) is 6.83. The van der Waals surface area contributed by atoms with Gasteiger partial charge in [-0.05, 0) is 52.4 Å². The summed E-state index contributed by atoms with van der Waals surface area (Å²) in [7, 11) is 0. The zero-order chi connectivity index (χ0) is 12.6. The molecule has 2 heteroatoms. The lowest BCUT2D eigenvalue weighted by Gasteiger charge is -2.38. The Kier molecular flexibility index (Phi) is 4.14. The van der Waals surface area contributed by atoms with E-state index in [0.717, 1.165) is 17.9 Å². The Hall–Kier alpha value is -0.0800. The van der Waals surface area contributed by atoms with Crippen LogP contribution in [0, 0.1) is 11.8 Å². The number of nitrogens with zero attached hydrogens (tertiary/aromatic N) is 2. The highest BCUT2D eigenvalue weighted by Gasteiger charge is 2.37. The molecule has 2 bridgehead atoms. The predicted octanol–water partition coefficient (Wildman–Crippen LogP) is 2.84. The zero-order valence-electron chi connectivity index (χ0n) is 12.3. The smallest absolute Gasteiger partial charge is 0.0251 e. The van der Waals surface area contributed by atoms with Crippen LogP contribution in [0.3, 0.4) is 0 Å². The van der Waals surface area contributed by atoms with E-state index >= 15 is 0 Å². The molecule has 0 aromatic heterocycles. The minimum absolute atomic E-state index is 0.704. The average molecular weight is 238 g/mol. The maximum Gasteiger partial charge on any atom is 0.0251 e. The van der Waals surface area contributed by atoms with Gasteiger partial charge < -0.3 is 0 Å². The molecule has 2 rings (SSSR count).